The minimum atomic E-state index is 0.342. The van der Waals surface area contributed by atoms with Crippen LogP contribution in [-0.2, 0) is 0 Å². The predicted molar refractivity (Wildman–Crippen MR) is 67.3 cm³/mol. The molecule has 1 unspecified atom stereocenters. The third-order valence-corrected chi connectivity index (χ3v) is 2.87. The Labute approximate surface area is 97.1 Å². The van der Waals surface area contributed by atoms with E-state index in [0.717, 1.165) is 17.9 Å². The molecule has 1 rings (SSSR count). The van der Waals surface area contributed by atoms with Crippen molar-refractivity contribution in [2.24, 2.45) is 0 Å². The molecule has 1 atom stereocenters. The van der Waals surface area contributed by atoms with Gasteiger partial charge in [-0.2, -0.15) is 0 Å². The molecule has 1 N–H and O–H groups in total. The zero-order valence-corrected chi connectivity index (χ0v) is 10.1. The van der Waals surface area contributed by atoms with Gasteiger partial charge >= 0.3 is 0 Å². The van der Waals surface area contributed by atoms with E-state index >= 15 is 0 Å². The van der Waals surface area contributed by atoms with Crippen LogP contribution in [0.5, 0.6) is 0 Å². The lowest BCUT2D eigenvalue weighted by molar-refractivity contribution is 0.583. The van der Waals surface area contributed by atoms with Crippen molar-refractivity contribution in [3.8, 4) is 0 Å². The predicted octanol–water partition coefficient (Wildman–Crippen LogP) is 3.96. The van der Waals surface area contributed by atoms with Crippen LogP contribution in [0.3, 0.4) is 0 Å². The SMILES string of the molecule is C=C(CC)CC(NC)c1ccc(Cl)cc1. The van der Waals surface area contributed by atoms with Gasteiger partial charge in [0.2, 0.25) is 0 Å². The highest BCUT2D eigenvalue weighted by Crippen LogP contribution is 2.22. The smallest absolute Gasteiger partial charge is 0.0406 e. The van der Waals surface area contributed by atoms with E-state index in [4.69, 9.17) is 11.6 Å². The first kappa shape index (κ1) is 12.3. The molecule has 0 amide bonds. The Balaban J connectivity index is 2.74. The normalized spacial score (nSPS) is 12.5. The highest BCUT2D eigenvalue weighted by Gasteiger charge is 2.09. The fourth-order valence-corrected chi connectivity index (χ4v) is 1.64. The maximum atomic E-state index is 5.85. The van der Waals surface area contributed by atoms with Crippen LogP contribution in [0.2, 0.25) is 5.02 Å². The molecular formula is C13H18ClN. The van der Waals surface area contributed by atoms with Crippen molar-refractivity contribution in [2.45, 2.75) is 25.8 Å². The van der Waals surface area contributed by atoms with Gasteiger partial charge in [-0.3, -0.25) is 0 Å². The average Bonchev–Trinajstić information content (AvgIpc) is 2.27. The van der Waals surface area contributed by atoms with E-state index in [1.807, 2.05) is 19.2 Å². The van der Waals surface area contributed by atoms with Crippen LogP contribution >= 0.6 is 11.6 Å². The van der Waals surface area contributed by atoms with E-state index < -0.39 is 0 Å². The molecule has 1 nitrogen and oxygen atoms in total. The van der Waals surface area contributed by atoms with Gasteiger partial charge in [0.1, 0.15) is 0 Å². The number of rotatable bonds is 5. The summed E-state index contributed by atoms with van der Waals surface area (Å²) >= 11 is 5.85. The first-order valence-corrected chi connectivity index (χ1v) is 5.64. The summed E-state index contributed by atoms with van der Waals surface area (Å²) in [6.45, 7) is 6.17. The zero-order chi connectivity index (χ0) is 11.3. The van der Waals surface area contributed by atoms with Crippen molar-refractivity contribution in [2.75, 3.05) is 7.05 Å². The molecule has 1 aromatic rings. The van der Waals surface area contributed by atoms with Gasteiger partial charge in [-0.15, -0.1) is 0 Å². The molecule has 0 saturated heterocycles. The van der Waals surface area contributed by atoms with Crippen LogP contribution in [0.15, 0.2) is 36.4 Å². The number of halogens is 1. The van der Waals surface area contributed by atoms with Gasteiger partial charge in [-0.25, -0.2) is 0 Å². The van der Waals surface area contributed by atoms with Gasteiger partial charge < -0.3 is 5.32 Å². The third-order valence-electron chi connectivity index (χ3n) is 2.61. The molecular weight excluding hydrogens is 206 g/mol. The first-order valence-electron chi connectivity index (χ1n) is 5.26. The van der Waals surface area contributed by atoms with E-state index in [-0.39, 0.29) is 0 Å². The van der Waals surface area contributed by atoms with Crippen LogP contribution in [0.4, 0.5) is 0 Å². The Kier molecular flexibility index (Phi) is 4.86. The first-order chi connectivity index (χ1) is 7.17. The molecule has 2 heteroatoms. The van der Waals surface area contributed by atoms with Crippen LogP contribution in [-0.4, -0.2) is 7.05 Å². The fourth-order valence-electron chi connectivity index (χ4n) is 1.51. The summed E-state index contributed by atoms with van der Waals surface area (Å²) in [5.74, 6) is 0. The zero-order valence-electron chi connectivity index (χ0n) is 9.39. The van der Waals surface area contributed by atoms with Crippen LogP contribution in [0.1, 0.15) is 31.4 Å². The second-order valence-electron chi connectivity index (χ2n) is 3.70. The summed E-state index contributed by atoms with van der Waals surface area (Å²) in [5, 5.41) is 4.08. The molecule has 82 valence electrons. The molecule has 0 aliphatic rings. The molecule has 1 aromatic carbocycles. The average molecular weight is 224 g/mol. The Morgan fingerprint density at radius 2 is 2.00 bits per heavy atom. The summed E-state index contributed by atoms with van der Waals surface area (Å²) in [4.78, 5) is 0. The van der Waals surface area contributed by atoms with Gasteiger partial charge in [0.15, 0.2) is 0 Å². The summed E-state index contributed by atoms with van der Waals surface area (Å²) in [6.07, 6.45) is 2.01. The minimum absolute atomic E-state index is 0.342. The monoisotopic (exact) mass is 223 g/mol. The van der Waals surface area contributed by atoms with E-state index in [2.05, 4.69) is 31.0 Å². The molecule has 0 aliphatic heterocycles. The summed E-state index contributed by atoms with van der Waals surface area (Å²) in [6, 6.07) is 8.32. The van der Waals surface area contributed by atoms with Crippen molar-refractivity contribution >= 4 is 11.6 Å². The number of benzene rings is 1. The molecule has 0 fully saturated rings. The van der Waals surface area contributed by atoms with Crippen molar-refractivity contribution in [3.63, 3.8) is 0 Å². The van der Waals surface area contributed by atoms with Gasteiger partial charge in [0, 0.05) is 11.1 Å². The molecule has 0 bridgehead atoms. The standard InChI is InChI=1S/C13H18ClN/c1-4-10(2)9-13(15-3)11-5-7-12(14)8-6-11/h5-8,13,15H,2,4,9H2,1,3H3. The van der Waals surface area contributed by atoms with Gasteiger partial charge in [-0.1, -0.05) is 42.8 Å². The Bertz CT molecular complexity index is 316. The third kappa shape index (κ3) is 3.69. The minimum Gasteiger partial charge on any atom is -0.313 e. The highest BCUT2D eigenvalue weighted by atomic mass is 35.5. The summed E-state index contributed by atoms with van der Waals surface area (Å²) < 4.78 is 0. The lowest BCUT2D eigenvalue weighted by Crippen LogP contribution is -2.16. The number of hydrogen-bond donors (Lipinski definition) is 1. The molecule has 0 aromatic heterocycles. The van der Waals surface area contributed by atoms with Crippen LogP contribution in [0.25, 0.3) is 0 Å². The lowest BCUT2D eigenvalue weighted by atomic mass is 9.99. The number of hydrogen-bond acceptors (Lipinski definition) is 1. The van der Waals surface area contributed by atoms with Crippen molar-refractivity contribution in [3.05, 3.63) is 47.0 Å². The largest absolute Gasteiger partial charge is 0.313 e. The molecule has 0 radical (unpaired) electrons. The summed E-state index contributed by atoms with van der Waals surface area (Å²) in [5.41, 5.74) is 2.53. The van der Waals surface area contributed by atoms with E-state index in [1.54, 1.807) is 0 Å². The molecule has 0 aliphatic carbocycles. The maximum Gasteiger partial charge on any atom is 0.0406 e. The van der Waals surface area contributed by atoms with E-state index in [9.17, 15) is 0 Å². The quantitative estimate of drug-likeness (QED) is 0.746. The van der Waals surface area contributed by atoms with Crippen LogP contribution < -0.4 is 5.32 Å². The maximum absolute atomic E-state index is 5.85. The Morgan fingerprint density at radius 3 is 2.47 bits per heavy atom. The van der Waals surface area contributed by atoms with Crippen molar-refractivity contribution in [1.29, 1.82) is 0 Å². The molecule has 15 heavy (non-hydrogen) atoms. The molecule has 0 heterocycles. The Hall–Kier alpha value is -0.790. The van der Waals surface area contributed by atoms with Gasteiger partial charge in [-0.05, 0) is 37.6 Å². The fraction of sp³-hybridized carbons (Fsp3) is 0.385. The van der Waals surface area contributed by atoms with Crippen molar-refractivity contribution < 1.29 is 0 Å². The molecule has 0 spiro atoms. The highest BCUT2D eigenvalue weighted by molar-refractivity contribution is 6.30. The van der Waals surface area contributed by atoms with Crippen molar-refractivity contribution in [1.82, 2.24) is 5.32 Å². The van der Waals surface area contributed by atoms with Gasteiger partial charge in [0.05, 0.1) is 0 Å². The number of nitrogens with one attached hydrogen (secondary N) is 1. The molecule has 0 saturated carbocycles. The van der Waals surface area contributed by atoms with Gasteiger partial charge in [0.25, 0.3) is 0 Å². The second kappa shape index (κ2) is 5.94. The summed E-state index contributed by atoms with van der Waals surface area (Å²) in [7, 11) is 1.97. The van der Waals surface area contributed by atoms with E-state index in [0.29, 0.717) is 6.04 Å². The lowest BCUT2D eigenvalue weighted by Gasteiger charge is -2.17. The Morgan fingerprint density at radius 1 is 1.40 bits per heavy atom. The topological polar surface area (TPSA) is 12.0 Å². The van der Waals surface area contributed by atoms with Crippen LogP contribution in [0, 0.1) is 0 Å². The second-order valence-corrected chi connectivity index (χ2v) is 4.14. The van der Waals surface area contributed by atoms with E-state index in [1.165, 1.54) is 11.1 Å².